The van der Waals surface area contributed by atoms with Crippen LogP contribution in [0.25, 0.3) is 0 Å². The Kier molecular flexibility index (Phi) is 9.00. The van der Waals surface area contributed by atoms with E-state index in [2.05, 4.69) is 27.8 Å². The number of aryl methyl sites for hydroxylation is 1. The molecule has 0 fully saturated rings. The van der Waals surface area contributed by atoms with Gasteiger partial charge in [-0.05, 0) is 78.7 Å². The summed E-state index contributed by atoms with van der Waals surface area (Å²) in [6.45, 7) is 1.83. The maximum atomic E-state index is 10.7. The number of benzene rings is 3. The highest BCUT2D eigenvalue weighted by molar-refractivity contribution is 9.10. The maximum Gasteiger partial charge on any atom is 0.341 e. The van der Waals surface area contributed by atoms with E-state index < -0.39 is 5.97 Å². The Hall–Kier alpha value is -3.20. The first-order valence-electron chi connectivity index (χ1n) is 10.2. The number of carboxylic acids is 1. The summed E-state index contributed by atoms with van der Waals surface area (Å²) in [4.78, 5) is 10.7. The van der Waals surface area contributed by atoms with Crippen LogP contribution in [0.4, 0.5) is 0 Å². The summed E-state index contributed by atoms with van der Waals surface area (Å²) < 4.78 is 12.1. The second-order valence-corrected chi connectivity index (χ2v) is 8.51. The summed E-state index contributed by atoms with van der Waals surface area (Å²) in [5.41, 5.74) is 2.78. The van der Waals surface area contributed by atoms with Crippen LogP contribution in [0, 0.1) is 18.8 Å². The van der Waals surface area contributed by atoms with Gasteiger partial charge in [-0.25, -0.2) is 4.79 Å². The van der Waals surface area contributed by atoms with Crippen LogP contribution >= 0.6 is 27.5 Å². The summed E-state index contributed by atoms with van der Waals surface area (Å²) in [5, 5.41) is 9.42. The largest absolute Gasteiger partial charge is 0.490 e. The summed E-state index contributed by atoms with van der Waals surface area (Å²) in [5.74, 6) is 6.60. The third kappa shape index (κ3) is 8.02. The quantitative estimate of drug-likeness (QED) is 0.264. The predicted molar refractivity (Wildman–Crippen MR) is 134 cm³/mol. The fourth-order valence-corrected chi connectivity index (χ4v) is 3.35. The Bertz CT molecular complexity index is 1180. The van der Waals surface area contributed by atoms with Crippen LogP contribution in [0.3, 0.4) is 0 Å². The molecule has 33 heavy (non-hydrogen) atoms. The minimum absolute atomic E-state index is 0.106. The van der Waals surface area contributed by atoms with E-state index in [0.717, 1.165) is 21.2 Å². The van der Waals surface area contributed by atoms with Crippen molar-refractivity contribution in [3.05, 3.63) is 105 Å². The van der Waals surface area contributed by atoms with Crippen LogP contribution in [0.15, 0.2) is 83.4 Å². The smallest absolute Gasteiger partial charge is 0.341 e. The van der Waals surface area contributed by atoms with Gasteiger partial charge in [-0.2, -0.15) is 0 Å². The molecule has 1 N–H and O–H groups in total. The zero-order chi connectivity index (χ0) is 23.6. The molecule has 0 aromatic heterocycles. The van der Waals surface area contributed by atoms with Crippen LogP contribution in [0.2, 0.25) is 5.02 Å². The Morgan fingerprint density at radius 3 is 2.48 bits per heavy atom. The lowest BCUT2D eigenvalue weighted by molar-refractivity contribution is -0.139. The lowest BCUT2D eigenvalue weighted by Crippen LogP contribution is -2.10. The van der Waals surface area contributed by atoms with Gasteiger partial charge in [-0.1, -0.05) is 57.6 Å². The number of rotatable bonds is 8. The summed E-state index contributed by atoms with van der Waals surface area (Å²) in [6, 6.07) is 20.8. The molecule has 1 atom stereocenters. The van der Waals surface area contributed by atoms with Crippen molar-refractivity contribution in [1.29, 1.82) is 0 Å². The molecule has 0 bridgehead atoms. The SMILES string of the molecule is Cc1cc(OC/C=C\C(C#Cc2ccc(Cl)cc2)c2ccc(Br)cc2)ccc1OCC(=O)O. The van der Waals surface area contributed by atoms with Crippen LogP contribution in [-0.4, -0.2) is 24.3 Å². The van der Waals surface area contributed by atoms with E-state index in [9.17, 15) is 4.79 Å². The highest BCUT2D eigenvalue weighted by Gasteiger charge is 2.06. The zero-order valence-electron chi connectivity index (χ0n) is 17.9. The molecule has 0 saturated carbocycles. The molecule has 4 nitrogen and oxygen atoms in total. The van der Waals surface area contributed by atoms with Crippen LogP contribution in [0.1, 0.15) is 22.6 Å². The van der Waals surface area contributed by atoms with Crippen molar-refractivity contribution in [3.63, 3.8) is 0 Å². The summed E-state index contributed by atoms with van der Waals surface area (Å²) >= 11 is 9.43. The first-order chi connectivity index (χ1) is 15.9. The number of hydrogen-bond acceptors (Lipinski definition) is 3. The number of halogens is 2. The van der Waals surface area contributed by atoms with Gasteiger partial charge < -0.3 is 14.6 Å². The zero-order valence-corrected chi connectivity index (χ0v) is 20.3. The van der Waals surface area contributed by atoms with Crippen molar-refractivity contribution in [2.24, 2.45) is 0 Å². The molecule has 0 heterocycles. The average molecular weight is 526 g/mol. The Balaban J connectivity index is 1.68. The second-order valence-electron chi connectivity index (χ2n) is 7.15. The fraction of sp³-hybridized carbons (Fsp3) is 0.148. The molecule has 0 aliphatic heterocycles. The molecular weight excluding hydrogens is 504 g/mol. The van der Waals surface area contributed by atoms with E-state index in [1.165, 1.54) is 0 Å². The molecule has 0 aliphatic carbocycles. The van der Waals surface area contributed by atoms with Crippen molar-refractivity contribution in [2.45, 2.75) is 12.8 Å². The second kappa shape index (κ2) is 12.2. The number of allylic oxidation sites excluding steroid dienone is 1. The molecule has 6 heteroatoms. The summed E-state index contributed by atoms with van der Waals surface area (Å²) in [7, 11) is 0. The van der Waals surface area contributed by atoms with E-state index in [4.69, 9.17) is 26.2 Å². The maximum absolute atomic E-state index is 10.7. The Morgan fingerprint density at radius 2 is 1.82 bits per heavy atom. The van der Waals surface area contributed by atoms with Crippen molar-refractivity contribution in [3.8, 4) is 23.3 Å². The van der Waals surface area contributed by atoms with Gasteiger partial charge in [0.05, 0.1) is 5.92 Å². The predicted octanol–water partition coefficient (Wildman–Crippen LogP) is 6.64. The minimum atomic E-state index is -1.01. The molecule has 3 aromatic rings. The van der Waals surface area contributed by atoms with Gasteiger partial charge in [0.2, 0.25) is 0 Å². The highest BCUT2D eigenvalue weighted by atomic mass is 79.9. The lowest BCUT2D eigenvalue weighted by Gasteiger charge is -2.10. The third-order valence-corrected chi connectivity index (χ3v) is 5.40. The van der Waals surface area contributed by atoms with Gasteiger partial charge in [0, 0.05) is 15.1 Å². The molecule has 0 radical (unpaired) electrons. The number of hydrogen-bond donors (Lipinski definition) is 1. The molecule has 168 valence electrons. The highest BCUT2D eigenvalue weighted by Crippen LogP contribution is 2.24. The standard InChI is InChI=1S/C27H22BrClO4/c1-19-17-25(14-15-26(19)33-18-27(30)31)32-16-2-3-21(22-8-10-23(28)11-9-22)7-4-20-5-12-24(29)13-6-20/h2-3,5-6,8-15,17,21H,16,18H2,1H3,(H,30,31)/b3-2-. The number of ether oxygens (including phenoxy) is 2. The minimum Gasteiger partial charge on any atom is -0.490 e. The first kappa shape index (κ1) is 24.4. The van der Waals surface area contributed by atoms with Gasteiger partial charge in [-0.15, -0.1) is 0 Å². The lowest BCUT2D eigenvalue weighted by atomic mass is 9.98. The Labute approximate surface area is 206 Å². The van der Waals surface area contributed by atoms with Gasteiger partial charge >= 0.3 is 5.97 Å². The molecule has 3 aromatic carbocycles. The first-order valence-corrected chi connectivity index (χ1v) is 11.3. The molecule has 3 rings (SSSR count). The van der Waals surface area contributed by atoms with E-state index in [1.54, 1.807) is 12.1 Å². The number of aliphatic carboxylic acids is 1. The van der Waals surface area contributed by atoms with E-state index in [1.807, 2.05) is 73.7 Å². The van der Waals surface area contributed by atoms with Crippen molar-refractivity contribution in [2.75, 3.05) is 13.2 Å². The normalized spacial score (nSPS) is 11.5. The molecule has 0 aliphatic rings. The van der Waals surface area contributed by atoms with Gasteiger partial charge in [0.1, 0.15) is 18.1 Å². The topological polar surface area (TPSA) is 55.8 Å². The molecule has 0 amide bonds. The van der Waals surface area contributed by atoms with Gasteiger partial charge in [0.15, 0.2) is 6.61 Å². The van der Waals surface area contributed by atoms with E-state index in [0.29, 0.717) is 23.1 Å². The van der Waals surface area contributed by atoms with Crippen LogP contribution < -0.4 is 9.47 Å². The van der Waals surface area contributed by atoms with E-state index in [-0.39, 0.29) is 12.5 Å². The van der Waals surface area contributed by atoms with Crippen molar-refractivity contribution in [1.82, 2.24) is 0 Å². The van der Waals surface area contributed by atoms with Gasteiger partial charge in [0.25, 0.3) is 0 Å². The molecule has 1 unspecified atom stereocenters. The van der Waals surface area contributed by atoms with Crippen molar-refractivity contribution >= 4 is 33.5 Å². The molecule has 0 spiro atoms. The third-order valence-electron chi connectivity index (χ3n) is 4.62. The number of carbonyl (C=O) groups is 1. The average Bonchev–Trinajstić information content (AvgIpc) is 2.79. The number of carboxylic acid groups (broad SMARTS) is 1. The van der Waals surface area contributed by atoms with Crippen molar-refractivity contribution < 1.29 is 19.4 Å². The van der Waals surface area contributed by atoms with Crippen LogP contribution in [-0.2, 0) is 4.79 Å². The monoisotopic (exact) mass is 524 g/mol. The van der Waals surface area contributed by atoms with Crippen LogP contribution in [0.5, 0.6) is 11.5 Å². The Morgan fingerprint density at radius 1 is 1.09 bits per heavy atom. The van der Waals surface area contributed by atoms with Gasteiger partial charge in [-0.3, -0.25) is 0 Å². The molecular formula is C27H22BrClO4. The fourth-order valence-electron chi connectivity index (χ4n) is 2.96. The molecule has 0 saturated heterocycles. The van der Waals surface area contributed by atoms with E-state index >= 15 is 0 Å². The summed E-state index contributed by atoms with van der Waals surface area (Å²) in [6.07, 6.45) is 3.96.